The minimum absolute atomic E-state index is 0. The quantitative estimate of drug-likeness (QED) is 0.194. The topological polar surface area (TPSA) is 61.8 Å². The largest absolute Gasteiger partial charge is 0.381 e. The van der Waals surface area contributed by atoms with Crippen LogP contribution in [0.3, 0.4) is 0 Å². The van der Waals surface area contributed by atoms with Gasteiger partial charge in [0.1, 0.15) is 0 Å². The van der Waals surface area contributed by atoms with Gasteiger partial charge in [0.2, 0.25) is 0 Å². The Morgan fingerprint density at radius 3 is 2.72 bits per heavy atom. The fraction of sp³-hybridized carbons (Fsp3) is 0.810. The molecule has 1 aliphatic rings. The zero-order valence-corrected chi connectivity index (χ0v) is 21.7. The fourth-order valence-corrected chi connectivity index (χ4v) is 3.90. The van der Waals surface area contributed by atoms with Crippen molar-refractivity contribution < 1.29 is 4.74 Å². The molecule has 0 amide bonds. The Labute approximate surface area is 198 Å². The first-order chi connectivity index (χ1) is 13.6. The van der Waals surface area contributed by atoms with Crippen LogP contribution >= 0.6 is 35.3 Å². The number of hydrogen-bond acceptors (Lipinski definition) is 5. The number of piperidine rings is 1. The maximum atomic E-state index is 5.64. The van der Waals surface area contributed by atoms with Crippen LogP contribution in [0.5, 0.6) is 0 Å². The summed E-state index contributed by atoms with van der Waals surface area (Å²) in [4.78, 5) is 11.9. The molecule has 0 unspecified atom stereocenters. The highest BCUT2D eigenvalue weighted by Crippen LogP contribution is 2.20. The van der Waals surface area contributed by atoms with Crippen molar-refractivity contribution in [3.05, 3.63) is 16.1 Å². The maximum absolute atomic E-state index is 5.64. The number of likely N-dealkylation sites (tertiary alicyclic amines) is 1. The molecule has 1 fully saturated rings. The summed E-state index contributed by atoms with van der Waals surface area (Å²) in [6, 6.07) is 0. The molecule has 0 radical (unpaired) electrons. The first-order valence-corrected chi connectivity index (χ1v) is 11.7. The van der Waals surface area contributed by atoms with Crippen LogP contribution in [0.2, 0.25) is 0 Å². The van der Waals surface area contributed by atoms with E-state index < -0.39 is 0 Å². The Morgan fingerprint density at radius 1 is 1.34 bits per heavy atom. The summed E-state index contributed by atoms with van der Waals surface area (Å²) in [7, 11) is 0. The molecule has 2 rings (SSSR count). The highest BCUT2D eigenvalue weighted by atomic mass is 127. The zero-order valence-electron chi connectivity index (χ0n) is 18.6. The summed E-state index contributed by atoms with van der Waals surface area (Å²) < 4.78 is 5.64. The molecule has 2 N–H and O–H groups in total. The number of hydrogen-bond donors (Lipinski definition) is 2. The number of ether oxygens (including phenoxy) is 1. The van der Waals surface area contributed by atoms with Crippen LogP contribution in [0.15, 0.2) is 10.4 Å². The van der Waals surface area contributed by atoms with Crippen molar-refractivity contribution in [1.82, 2.24) is 20.5 Å². The van der Waals surface area contributed by atoms with Gasteiger partial charge in [0.25, 0.3) is 0 Å². The van der Waals surface area contributed by atoms with Gasteiger partial charge in [-0.2, -0.15) is 0 Å². The van der Waals surface area contributed by atoms with Gasteiger partial charge in [-0.15, -0.1) is 35.3 Å². The molecule has 6 nitrogen and oxygen atoms in total. The number of aromatic nitrogens is 1. The average molecular weight is 538 g/mol. The monoisotopic (exact) mass is 537 g/mol. The Hall–Kier alpha value is -0.450. The van der Waals surface area contributed by atoms with Crippen molar-refractivity contribution in [3.8, 4) is 0 Å². The molecule has 0 saturated carbocycles. The summed E-state index contributed by atoms with van der Waals surface area (Å²) in [6.45, 7) is 16.2. The zero-order chi connectivity index (χ0) is 20.2. The third kappa shape index (κ3) is 11.5. The maximum Gasteiger partial charge on any atom is 0.191 e. The van der Waals surface area contributed by atoms with Gasteiger partial charge in [0.05, 0.1) is 10.7 Å². The lowest BCUT2D eigenvalue weighted by Crippen LogP contribution is -2.39. The van der Waals surface area contributed by atoms with Crippen molar-refractivity contribution in [2.75, 3.05) is 45.9 Å². The van der Waals surface area contributed by atoms with Crippen LogP contribution in [0.1, 0.15) is 50.7 Å². The van der Waals surface area contributed by atoms with E-state index in [0.717, 1.165) is 69.9 Å². The number of thiazole rings is 1. The molecule has 1 aromatic heterocycles. The SMILES string of the molecule is CCNC(=NCC1CCN(Cc2csc(C)n2)CC1)NCCCOCC(C)C.I. The first kappa shape index (κ1) is 26.6. The standard InChI is InChI=1S/C21H39N5OS.HI/c1-5-22-21(23-9-6-12-27-15-17(2)3)24-13-19-7-10-26(11-8-19)14-20-16-28-18(4)25-20;/h16-17,19H,5-15H2,1-4H3,(H2,22,23,24);1H. The van der Waals surface area contributed by atoms with E-state index in [-0.39, 0.29) is 24.0 Å². The number of rotatable bonds is 11. The van der Waals surface area contributed by atoms with Crippen molar-refractivity contribution in [3.63, 3.8) is 0 Å². The van der Waals surface area contributed by atoms with E-state index in [1.807, 2.05) is 0 Å². The number of aryl methyl sites for hydroxylation is 1. The van der Waals surface area contributed by atoms with Crippen molar-refractivity contribution >= 4 is 41.3 Å². The number of guanidine groups is 1. The second-order valence-corrected chi connectivity index (χ2v) is 9.11. The molecule has 0 bridgehead atoms. The van der Waals surface area contributed by atoms with Gasteiger partial charge in [-0.05, 0) is 58.0 Å². The Morgan fingerprint density at radius 2 is 2.10 bits per heavy atom. The molecule has 168 valence electrons. The third-order valence-corrected chi connectivity index (χ3v) is 5.64. The number of halogens is 1. The van der Waals surface area contributed by atoms with Gasteiger partial charge in [-0.3, -0.25) is 9.89 Å². The van der Waals surface area contributed by atoms with Gasteiger partial charge in [-0.1, -0.05) is 13.8 Å². The molecule has 0 atom stereocenters. The lowest BCUT2D eigenvalue weighted by atomic mass is 9.97. The Balaban J connectivity index is 0.00000420. The molecule has 0 aromatic carbocycles. The molecule has 8 heteroatoms. The third-order valence-electron chi connectivity index (χ3n) is 4.82. The predicted molar refractivity (Wildman–Crippen MR) is 135 cm³/mol. The fourth-order valence-electron chi connectivity index (χ4n) is 3.30. The molecule has 1 aliphatic heterocycles. The molecule has 1 aromatic rings. The van der Waals surface area contributed by atoms with Crippen molar-refractivity contribution in [2.45, 2.75) is 53.5 Å². The van der Waals surface area contributed by atoms with Gasteiger partial charge >= 0.3 is 0 Å². The Bertz CT molecular complexity index is 573. The van der Waals surface area contributed by atoms with Crippen LogP contribution in [0.25, 0.3) is 0 Å². The van der Waals surface area contributed by atoms with Crippen molar-refractivity contribution in [1.29, 1.82) is 0 Å². The highest BCUT2D eigenvalue weighted by molar-refractivity contribution is 14.0. The molecule has 29 heavy (non-hydrogen) atoms. The van der Waals surface area contributed by atoms with Crippen molar-refractivity contribution in [2.24, 2.45) is 16.8 Å². The summed E-state index contributed by atoms with van der Waals surface area (Å²) in [5.74, 6) is 2.22. The number of nitrogens with one attached hydrogen (secondary N) is 2. The van der Waals surface area contributed by atoms with E-state index >= 15 is 0 Å². The molecule has 2 heterocycles. The number of aliphatic imine (C=N–C) groups is 1. The normalized spacial score (nSPS) is 16.1. The minimum atomic E-state index is 0. The van der Waals surface area contributed by atoms with Crippen LogP contribution < -0.4 is 10.6 Å². The summed E-state index contributed by atoms with van der Waals surface area (Å²) in [6.07, 6.45) is 3.44. The van der Waals surface area contributed by atoms with Gasteiger partial charge in [0.15, 0.2) is 5.96 Å². The smallest absolute Gasteiger partial charge is 0.191 e. The lowest BCUT2D eigenvalue weighted by molar-refractivity contribution is 0.108. The van der Waals surface area contributed by atoms with E-state index in [1.165, 1.54) is 18.5 Å². The summed E-state index contributed by atoms with van der Waals surface area (Å²) in [5, 5.41) is 10.1. The number of nitrogens with zero attached hydrogens (tertiary/aromatic N) is 3. The van der Waals surface area contributed by atoms with E-state index in [1.54, 1.807) is 11.3 Å². The Kier molecular flexibility index (Phi) is 14.1. The second-order valence-electron chi connectivity index (χ2n) is 8.05. The van der Waals surface area contributed by atoms with E-state index in [9.17, 15) is 0 Å². The molecule has 0 aliphatic carbocycles. The van der Waals surface area contributed by atoms with Crippen LogP contribution in [0.4, 0.5) is 0 Å². The molecule has 1 saturated heterocycles. The first-order valence-electron chi connectivity index (χ1n) is 10.8. The van der Waals surface area contributed by atoms with E-state index in [0.29, 0.717) is 11.8 Å². The van der Waals surface area contributed by atoms with Crippen LogP contribution in [-0.4, -0.2) is 61.8 Å². The van der Waals surface area contributed by atoms with Gasteiger partial charge < -0.3 is 15.4 Å². The second kappa shape index (κ2) is 15.4. The molecular weight excluding hydrogens is 497 g/mol. The molecular formula is C21H40IN5OS. The average Bonchev–Trinajstić information content (AvgIpc) is 3.08. The van der Waals surface area contributed by atoms with Crippen LogP contribution in [-0.2, 0) is 11.3 Å². The van der Waals surface area contributed by atoms with Gasteiger partial charge in [-0.25, -0.2) is 4.98 Å². The van der Waals surface area contributed by atoms with Crippen LogP contribution in [0, 0.1) is 18.8 Å². The highest BCUT2D eigenvalue weighted by Gasteiger charge is 2.19. The molecule has 0 spiro atoms. The lowest BCUT2D eigenvalue weighted by Gasteiger charge is -2.30. The summed E-state index contributed by atoms with van der Waals surface area (Å²) in [5.41, 5.74) is 1.22. The minimum Gasteiger partial charge on any atom is -0.381 e. The predicted octanol–water partition coefficient (Wildman–Crippen LogP) is 3.90. The van der Waals surface area contributed by atoms with E-state index in [4.69, 9.17) is 9.73 Å². The summed E-state index contributed by atoms with van der Waals surface area (Å²) >= 11 is 1.74. The van der Waals surface area contributed by atoms with E-state index in [2.05, 4.69) is 53.6 Å². The van der Waals surface area contributed by atoms with Gasteiger partial charge in [0, 0.05) is 44.8 Å².